The molecule has 3 atom stereocenters. The molecule has 2 aliphatic rings. The fraction of sp³-hybridized carbons (Fsp3) is 0.571. The highest BCUT2D eigenvalue weighted by Crippen LogP contribution is 2.39. The Morgan fingerprint density at radius 1 is 1.12 bits per heavy atom. The zero-order valence-electron chi connectivity index (χ0n) is 9.88. The van der Waals surface area contributed by atoms with Crippen LogP contribution in [0.3, 0.4) is 0 Å². The average molecular weight is 234 g/mol. The lowest BCUT2D eigenvalue weighted by Gasteiger charge is -2.18. The fourth-order valence-corrected chi connectivity index (χ4v) is 2.48. The summed E-state index contributed by atoms with van der Waals surface area (Å²) in [7, 11) is 0. The maximum atomic E-state index is 5.57. The molecule has 1 aliphatic heterocycles. The van der Waals surface area contributed by atoms with Gasteiger partial charge in [0.2, 0.25) is 0 Å². The number of fused-ring (bicyclic) bond motifs is 1. The number of benzene rings is 1. The van der Waals surface area contributed by atoms with Gasteiger partial charge in [0.25, 0.3) is 0 Å². The van der Waals surface area contributed by atoms with Gasteiger partial charge in [-0.3, -0.25) is 0 Å². The van der Waals surface area contributed by atoms with E-state index < -0.39 is 0 Å². The minimum Gasteiger partial charge on any atom is -0.468 e. The van der Waals surface area contributed by atoms with Crippen molar-refractivity contribution in [3.8, 4) is 5.75 Å². The summed E-state index contributed by atoms with van der Waals surface area (Å²) in [5.74, 6) is 1.51. The predicted octanol–water partition coefficient (Wildman–Crippen LogP) is 2.61. The van der Waals surface area contributed by atoms with Crippen LogP contribution < -0.4 is 4.74 Å². The molecule has 0 N–H and O–H groups in total. The molecule has 0 amide bonds. The van der Waals surface area contributed by atoms with Crippen molar-refractivity contribution < 1.29 is 14.2 Å². The number of hydrogen-bond donors (Lipinski definition) is 0. The summed E-state index contributed by atoms with van der Waals surface area (Å²) >= 11 is 0. The highest BCUT2D eigenvalue weighted by atomic mass is 16.7. The molecule has 1 aromatic rings. The maximum absolute atomic E-state index is 5.57. The summed E-state index contributed by atoms with van der Waals surface area (Å²) in [6.07, 6.45) is 4.71. The van der Waals surface area contributed by atoms with Crippen LogP contribution in [0.1, 0.15) is 19.3 Å². The number of epoxide rings is 1. The largest absolute Gasteiger partial charge is 0.468 e. The van der Waals surface area contributed by atoms with Crippen LogP contribution in [0.4, 0.5) is 0 Å². The lowest BCUT2D eigenvalue weighted by atomic mass is 9.90. The summed E-state index contributed by atoms with van der Waals surface area (Å²) < 4.78 is 16.5. The molecule has 92 valence electrons. The summed E-state index contributed by atoms with van der Waals surface area (Å²) in [6, 6.07) is 9.77. The molecule has 3 nitrogen and oxygen atoms in total. The predicted molar refractivity (Wildman–Crippen MR) is 63.9 cm³/mol. The molecule has 3 rings (SSSR count). The van der Waals surface area contributed by atoms with E-state index in [1.807, 2.05) is 30.3 Å². The van der Waals surface area contributed by atoms with Gasteiger partial charge in [0.15, 0.2) is 6.79 Å². The van der Waals surface area contributed by atoms with Crippen LogP contribution in [0.25, 0.3) is 0 Å². The van der Waals surface area contributed by atoms with E-state index in [-0.39, 0.29) is 0 Å². The molecule has 0 spiro atoms. The minimum absolute atomic E-state index is 0.343. The van der Waals surface area contributed by atoms with Gasteiger partial charge in [-0.05, 0) is 37.3 Å². The number of para-hydroxylation sites is 1. The first kappa shape index (κ1) is 11.1. The highest BCUT2D eigenvalue weighted by molar-refractivity contribution is 5.20. The Labute approximate surface area is 102 Å². The Morgan fingerprint density at radius 2 is 2.00 bits per heavy atom. The molecule has 2 fully saturated rings. The van der Waals surface area contributed by atoms with Gasteiger partial charge in [0.05, 0.1) is 18.8 Å². The summed E-state index contributed by atoms with van der Waals surface area (Å²) in [5.41, 5.74) is 0. The molecule has 0 radical (unpaired) electrons. The number of ether oxygens (including phenoxy) is 3. The van der Waals surface area contributed by atoms with Crippen molar-refractivity contribution in [1.29, 1.82) is 0 Å². The maximum Gasteiger partial charge on any atom is 0.189 e. The topological polar surface area (TPSA) is 31.0 Å². The Hall–Kier alpha value is -1.06. The number of rotatable bonds is 5. The normalized spacial score (nSPS) is 30.7. The standard InChI is InChI=1S/C14H18O3/c1-2-4-12(5-3-1)16-10-15-9-11-6-7-13-14(8-11)17-13/h1-5,11,13-14H,6-10H2. The smallest absolute Gasteiger partial charge is 0.189 e. The molecule has 0 aromatic heterocycles. The lowest BCUT2D eigenvalue weighted by Crippen LogP contribution is -2.19. The minimum atomic E-state index is 0.343. The molecule has 1 aliphatic carbocycles. The van der Waals surface area contributed by atoms with Crippen LogP contribution in [0.2, 0.25) is 0 Å². The monoisotopic (exact) mass is 234 g/mol. The Balaban J connectivity index is 1.32. The molecule has 0 bridgehead atoms. The number of hydrogen-bond acceptors (Lipinski definition) is 3. The molecular weight excluding hydrogens is 216 g/mol. The van der Waals surface area contributed by atoms with Gasteiger partial charge in [-0.2, -0.15) is 0 Å². The van der Waals surface area contributed by atoms with Gasteiger partial charge in [0.1, 0.15) is 5.75 Å². The van der Waals surface area contributed by atoms with Crippen LogP contribution in [0.5, 0.6) is 5.75 Å². The van der Waals surface area contributed by atoms with Gasteiger partial charge in [-0.1, -0.05) is 18.2 Å². The fourth-order valence-electron chi connectivity index (χ4n) is 2.48. The van der Waals surface area contributed by atoms with E-state index in [1.165, 1.54) is 12.8 Å². The second-order valence-electron chi connectivity index (χ2n) is 4.84. The van der Waals surface area contributed by atoms with Crippen LogP contribution in [0.15, 0.2) is 30.3 Å². The van der Waals surface area contributed by atoms with Gasteiger partial charge >= 0.3 is 0 Å². The van der Waals surface area contributed by atoms with Crippen molar-refractivity contribution in [2.75, 3.05) is 13.4 Å². The zero-order valence-corrected chi connectivity index (χ0v) is 9.88. The second kappa shape index (κ2) is 5.07. The molecular formula is C14H18O3. The van der Waals surface area contributed by atoms with Crippen molar-refractivity contribution in [2.45, 2.75) is 31.5 Å². The lowest BCUT2D eigenvalue weighted by molar-refractivity contribution is -0.00681. The molecule has 3 unspecified atom stereocenters. The van der Waals surface area contributed by atoms with Crippen molar-refractivity contribution in [1.82, 2.24) is 0 Å². The second-order valence-corrected chi connectivity index (χ2v) is 4.84. The average Bonchev–Trinajstić information content (AvgIpc) is 3.14. The van der Waals surface area contributed by atoms with Gasteiger partial charge in [-0.15, -0.1) is 0 Å². The van der Waals surface area contributed by atoms with Crippen LogP contribution in [-0.2, 0) is 9.47 Å². The van der Waals surface area contributed by atoms with Crippen LogP contribution >= 0.6 is 0 Å². The Kier molecular flexibility index (Phi) is 3.29. The summed E-state index contributed by atoms with van der Waals surface area (Å²) in [5, 5.41) is 0. The summed E-state index contributed by atoms with van der Waals surface area (Å²) in [4.78, 5) is 0. The van der Waals surface area contributed by atoms with Crippen LogP contribution in [-0.4, -0.2) is 25.6 Å². The Morgan fingerprint density at radius 3 is 2.82 bits per heavy atom. The molecule has 17 heavy (non-hydrogen) atoms. The van der Waals surface area contributed by atoms with Crippen LogP contribution in [0, 0.1) is 5.92 Å². The first-order chi connectivity index (χ1) is 8.42. The molecule has 1 aromatic carbocycles. The first-order valence-electron chi connectivity index (χ1n) is 6.33. The van der Waals surface area contributed by atoms with E-state index in [1.54, 1.807) is 0 Å². The van der Waals surface area contributed by atoms with E-state index in [0.29, 0.717) is 24.9 Å². The summed E-state index contributed by atoms with van der Waals surface area (Å²) in [6.45, 7) is 1.13. The van der Waals surface area contributed by atoms with E-state index in [4.69, 9.17) is 14.2 Å². The molecule has 3 heteroatoms. The zero-order chi connectivity index (χ0) is 11.5. The van der Waals surface area contributed by atoms with Crippen molar-refractivity contribution in [3.05, 3.63) is 30.3 Å². The molecule has 1 saturated carbocycles. The van der Waals surface area contributed by atoms with E-state index in [2.05, 4.69) is 0 Å². The van der Waals surface area contributed by atoms with E-state index >= 15 is 0 Å². The van der Waals surface area contributed by atoms with Crippen molar-refractivity contribution >= 4 is 0 Å². The first-order valence-corrected chi connectivity index (χ1v) is 6.33. The van der Waals surface area contributed by atoms with Crippen molar-refractivity contribution in [2.24, 2.45) is 5.92 Å². The quantitative estimate of drug-likeness (QED) is 0.446. The third-order valence-electron chi connectivity index (χ3n) is 3.52. The highest BCUT2D eigenvalue weighted by Gasteiger charge is 2.43. The van der Waals surface area contributed by atoms with E-state index in [0.717, 1.165) is 18.8 Å². The SMILES string of the molecule is c1ccc(OCOCC2CCC3OC3C2)cc1. The van der Waals surface area contributed by atoms with Gasteiger partial charge in [0, 0.05) is 0 Å². The molecule has 1 heterocycles. The third kappa shape index (κ3) is 2.99. The van der Waals surface area contributed by atoms with Gasteiger partial charge in [-0.25, -0.2) is 0 Å². The van der Waals surface area contributed by atoms with E-state index in [9.17, 15) is 0 Å². The molecule has 1 saturated heterocycles. The van der Waals surface area contributed by atoms with Crippen molar-refractivity contribution in [3.63, 3.8) is 0 Å². The van der Waals surface area contributed by atoms with Gasteiger partial charge < -0.3 is 14.2 Å². The Bertz CT molecular complexity index is 352. The third-order valence-corrected chi connectivity index (χ3v) is 3.52.